The van der Waals surface area contributed by atoms with Gasteiger partial charge >= 0.3 is 0 Å². The second-order valence-corrected chi connectivity index (χ2v) is 10.7. The molecule has 0 saturated carbocycles. The van der Waals surface area contributed by atoms with E-state index in [2.05, 4.69) is 27.9 Å². The minimum atomic E-state index is -0.337. The summed E-state index contributed by atoms with van der Waals surface area (Å²) >= 11 is 3.11. The van der Waals surface area contributed by atoms with Gasteiger partial charge in [0.05, 0.1) is 18.6 Å². The molecule has 0 atom stereocenters. The summed E-state index contributed by atoms with van der Waals surface area (Å²) in [5, 5.41) is 2.55. The molecule has 0 unspecified atom stereocenters. The lowest BCUT2D eigenvalue weighted by Crippen LogP contribution is -2.27. The topological polar surface area (TPSA) is 84.9 Å². The number of nitrogens with one attached hydrogen (secondary N) is 1. The minimum Gasteiger partial charge on any atom is -0.493 e. The van der Waals surface area contributed by atoms with E-state index in [-0.39, 0.29) is 30.2 Å². The smallest absolute Gasteiger partial charge is 0.293 e. The van der Waals surface area contributed by atoms with E-state index in [0.717, 1.165) is 37.7 Å². The van der Waals surface area contributed by atoms with Gasteiger partial charge in [-0.3, -0.25) is 19.3 Å². The summed E-state index contributed by atoms with van der Waals surface area (Å²) in [5.41, 5.74) is 4.31. The minimum absolute atomic E-state index is 0.194. The van der Waals surface area contributed by atoms with Gasteiger partial charge in [0.25, 0.3) is 17.1 Å². The van der Waals surface area contributed by atoms with E-state index in [0.29, 0.717) is 22.0 Å². The van der Waals surface area contributed by atoms with Crippen molar-refractivity contribution in [1.82, 2.24) is 4.90 Å². The van der Waals surface area contributed by atoms with E-state index in [4.69, 9.17) is 9.47 Å². The van der Waals surface area contributed by atoms with Crippen molar-refractivity contribution in [3.63, 3.8) is 0 Å². The first-order chi connectivity index (χ1) is 17.7. The summed E-state index contributed by atoms with van der Waals surface area (Å²) in [5.74, 6) is 0.173. The maximum Gasteiger partial charge on any atom is 0.293 e. The number of carbonyl (C=O) groups is 3. The Morgan fingerprint density at radius 1 is 1.03 bits per heavy atom. The van der Waals surface area contributed by atoms with Crippen LogP contribution in [0.5, 0.6) is 11.5 Å². The number of rotatable bonds is 8. The Kier molecular flexibility index (Phi) is 8.55. The summed E-state index contributed by atoms with van der Waals surface area (Å²) in [6, 6.07) is 18.6. The van der Waals surface area contributed by atoms with Crippen LogP contribution in [0.15, 0.2) is 65.6 Å². The number of ether oxygens (including phenoxy) is 2. The molecule has 190 valence electrons. The van der Waals surface area contributed by atoms with Gasteiger partial charge in [0.1, 0.15) is 0 Å². The van der Waals surface area contributed by atoms with Crippen molar-refractivity contribution in [3.8, 4) is 11.5 Å². The number of aryl methyl sites for hydroxylation is 2. The second-order valence-electron chi connectivity index (χ2n) is 8.46. The standard InChI is InChI=1S/C28H25IN2O5S/c1-17-4-5-18(2)22(12-17)30-26(32)16-36-23-11-8-20(13-24(23)35-3)14-25-27(33)31(28(34)37-25)15-19-6-9-21(29)10-7-19/h4-14H,15-16H2,1-3H3,(H,30,32)/b25-14-. The number of imide groups is 1. The van der Waals surface area contributed by atoms with Gasteiger partial charge in [-0.05, 0) is 107 Å². The highest BCUT2D eigenvalue weighted by Crippen LogP contribution is 2.35. The lowest BCUT2D eigenvalue weighted by Gasteiger charge is -2.13. The van der Waals surface area contributed by atoms with Crippen molar-refractivity contribution >= 4 is 63.2 Å². The molecule has 7 nitrogen and oxygen atoms in total. The maximum absolute atomic E-state index is 12.9. The molecule has 1 aliphatic rings. The average Bonchev–Trinajstić information content (AvgIpc) is 3.13. The molecule has 37 heavy (non-hydrogen) atoms. The molecular weight excluding hydrogens is 603 g/mol. The van der Waals surface area contributed by atoms with E-state index in [9.17, 15) is 14.4 Å². The SMILES string of the molecule is COc1cc(/C=C2\SC(=O)N(Cc3ccc(I)cc3)C2=O)ccc1OCC(=O)Nc1cc(C)ccc1C. The van der Waals surface area contributed by atoms with Crippen LogP contribution in [-0.2, 0) is 16.1 Å². The number of carbonyl (C=O) groups excluding carboxylic acids is 3. The molecule has 1 saturated heterocycles. The van der Waals surface area contributed by atoms with Gasteiger partial charge < -0.3 is 14.8 Å². The fourth-order valence-corrected chi connectivity index (χ4v) is 4.85. The highest BCUT2D eigenvalue weighted by Gasteiger charge is 2.35. The molecule has 4 rings (SSSR count). The molecule has 3 aromatic carbocycles. The van der Waals surface area contributed by atoms with Gasteiger partial charge in [0.15, 0.2) is 18.1 Å². The van der Waals surface area contributed by atoms with E-state index in [1.165, 1.54) is 12.0 Å². The van der Waals surface area contributed by atoms with Crippen LogP contribution in [0.1, 0.15) is 22.3 Å². The van der Waals surface area contributed by atoms with E-state index < -0.39 is 0 Å². The molecule has 1 fully saturated rings. The molecule has 0 aliphatic carbocycles. The first-order valence-electron chi connectivity index (χ1n) is 11.4. The first-order valence-corrected chi connectivity index (χ1v) is 13.3. The molecule has 3 amide bonds. The number of hydrogen-bond donors (Lipinski definition) is 1. The highest BCUT2D eigenvalue weighted by molar-refractivity contribution is 14.1. The highest BCUT2D eigenvalue weighted by atomic mass is 127. The normalized spacial score (nSPS) is 14.3. The van der Waals surface area contributed by atoms with E-state index >= 15 is 0 Å². The van der Waals surface area contributed by atoms with E-state index in [1.807, 2.05) is 56.3 Å². The van der Waals surface area contributed by atoms with Crippen molar-refractivity contribution in [3.05, 3.63) is 91.4 Å². The molecule has 0 bridgehead atoms. The van der Waals surface area contributed by atoms with Gasteiger partial charge in [0.2, 0.25) is 0 Å². The van der Waals surface area contributed by atoms with Crippen molar-refractivity contribution in [2.75, 3.05) is 19.0 Å². The lowest BCUT2D eigenvalue weighted by atomic mass is 10.1. The Bertz CT molecular complexity index is 1390. The molecular formula is C28H25IN2O5S. The van der Waals surface area contributed by atoms with Gasteiger partial charge in [-0.1, -0.05) is 30.3 Å². The van der Waals surface area contributed by atoms with Crippen molar-refractivity contribution in [1.29, 1.82) is 0 Å². The Morgan fingerprint density at radius 3 is 2.51 bits per heavy atom. The predicted octanol–water partition coefficient (Wildman–Crippen LogP) is 6.17. The largest absolute Gasteiger partial charge is 0.493 e. The number of nitrogens with zero attached hydrogens (tertiary/aromatic N) is 1. The van der Waals surface area contributed by atoms with Crippen LogP contribution in [0, 0.1) is 17.4 Å². The fourth-order valence-electron chi connectivity index (χ4n) is 3.65. The number of halogens is 1. The van der Waals surface area contributed by atoms with Crippen LogP contribution in [0.2, 0.25) is 0 Å². The quantitative estimate of drug-likeness (QED) is 0.237. The fraction of sp³-hybridized carbons (Fsp3) is 0.179. The summed E-state index contributed by atoms with van der Waals surface area (Å²) < 4.78 is 12.2. The third-order valence-corrected chi connectivity index (χ3v) is 7.27. The number of methoxy groups -OCH3 is 1. The Hall–Kier alpha value is -3.31. The molecule has 3 aromatic rings. The molecule has 9 heteroatoms. The van der Waals surface area contributed by atoms with Crippen LogP contribution < -0.4 is 14.8 Å². The molecule has 0 spiro atoms. The van der Waals surface area contributed by atoms with Gasteiger partial charge in [-0.15, -0.1) is 0 Å². The van der Waals surface area contributed by atoms with Crippen LogP contribution in [0.4, 0.5) is 10.5 Å². The van der Waals surface area contributed by atoms with Crippen LogP contribution >= 0.6 is 34.4 Å². The predicted molar refractivity (Wildman–Crippen MR) is 154 cm³/mol. The molecule has 1 heterocycles. The third kappa shape index (κ3) is 6.72. The number of amides is 3. The summed E-state index contributed by atoms with van der Waals surface area (Å²) in [6.07, 6.45) is 1.65. The third-order valence-electron chi connectivity index (χ3n) is 5.64. The van der Waals surface area contributed by atoms with Crippen molar-refractivity contribution in [2.45, 2.75) is 20.4 Å². The lowest BCUT2D eigenvalue weighted by molar-refractivity contribution is -0.123. The van der Waals surface area contributed by atoms with Gasteiger partial charge in [0, 0.05) is 9.26 Å². The summed E-state index contributed by atoms with van der Waals surface area (Å²) in [7, 11) is 1.50. The molecule has 0 radical (unpaired) electrons. The van der Waals surface area contributed by atoms with E-state index in [1.54, 1.807) is 24.3 Å². The van der Waals surface area contributed by atoms with Crippen LogP contribution in [0.3, 0.4) is 0 Å². The summed E-state index contributed by atoms with van der Waals surface area (Å²) in [6.45, 7) is 3.91. The van der Waals surface area contributed by atoms with Crippen LogP contribution in [0.25, 0.3) is 6.08 Å². The number of hydrogen-bond acceptors (Lipinski definition) is 6. The molecule has 0 aromatic heterocycles. The monoisotopic (exact) mass is 628 g/mol. The van der Waals surface area contributed by atoms with Gasteiger partial charge in [-0.25, -0.2) is 0 Å². The molecule has 1 aliphatic heterocycles. The maximum atomic E-state index is 12.9. The Balaban J connectivity index is 1.42. The molecule has 1 N–H and O–H groups in total. The Labute approximate surface area is 233 Å². The zero-order chi connectivity index (χ0) is 26.5. The number of thioether (sulfide) groups is 1. The first kappa shape index (κ1) is 26.7. The zero-order valence-electron chi connectivity index (χ0n) is 20.5. The number of benzene rings is 3. The second kappa shape index (κ2) is 11.8. The Morgan fingerprint density at radius 2 is 1.78 bits per heavy atom. The van der Waals surface area contributed by atoms with Crippen molar-refractivity contribution < 1.29 is 23.9 Å². The van der Waals surface area contributed by atoms with Crippen molar-refractivity contribution in [2.24, 2.45) is 0 Å². The van der Waals surface area contributed by atoms with Gasteiger partial charge in [-0.2, -0.15) is 0 Å². The number of anilines is 1. The summed E-state index contributed by atoms with van der Waals surface area (Å²) in [4.78, 5) is 39.4. The van der Waals surface area contributed by atoms with Crippen LogP contribution in [-0.4, -0.2) is 35.7 Å². The zero-order valence-corrected chi connectivity index (χ0v) is 23.5. The average molecular weight is 628 g/mol.